The number of thiazole rings is 1. The molecule has 6 heteroatoms. The lowest BCUT2D eigenvalue weighted by Gasteiger charge is -2.07. The van der Waals surface area contributed by atoms with E-state index in [1.807, 2.05) is 13.8 Å². The first-order valence-corrected chi connectivity index (χ1v) is 6.47. The fourth-order valence-electron chi connectivity index (χ4n) is 1.21. The van der Waals surface area contributed by atoms with Crippen LogP contribution in [0, 0.1) is 6.92 Å². The van der Waals surface area contributed by atoms with Crippen LogP contribution in [0.1, 0.15) is 30.5 Å². The molecule has 3 N–H and O–H groups in total. The minimum Gasteiger partial charge on any atom is -0.370 e. The number of hydrogen-bond acceptors (Lipinski definition) is 3. The molecule has 4 nitrogen and oxygen atoms in total. The predicted molar refractivity (Wildman–Crippen MR) is 90.0 cm³/mol. The van der Waals surface area contributed by atoms with Crippen molar-refractivity contribution in [2.75, 3.05) is 13.1 Å². The molecule has 0 aliphatic heterocycles. The fourth-order valence-corrected chi connectivity index (χ4v) is 2.06. The molecule has 1 heterocycles. The Bertz CT molecular complexity index is 414. The van der Waals surface area contributed by atoms with E-state index in [4.69, 9.17) is 5.73 Å². The molecule has 1 aromatic rings. The second-order valence-electron chi connectivity index (χ2n) is 4.26. The number of nitrogens with one attached hydrogen (secondary N) is 1. The molecule has 1 atom stereocenters. The largest absolute Gasteiger partial charge is 0.370 e. The highest BCUT2D eigenvalue weighted by atomic mass is 127. The van der Waals surface area contributed by atoms with E-state index in [-0.39, 0.29) is 24.0 Å². The first kappa shape index (κ1) is 17.4. The maximum atomic E-state index is 5.73. The SMILES string of the molecule is C=C(C)CNC(N)=NCC(C)c1nc(C)cs1.I. The summed E-state index contributed by atoms with van der Waals surface area (Å²) in [6, 6.07) is 0. The third kappa shape index (κ3) is 6.34. The van der Waals surface area contributed by atoms with Gasteiger partial charge < -0.3 is 11.1 Å². The van der Waals surface area contributed by atoms with Crippen LogP contribution in [0.4, 0.5) is 0 Å². The summed E-state index contributed by atoms with van der Waals surface area (Å²) in [4.78, 5) is 8.73. The minimum absolute atomic E-state index is 0. The number of halogens is 1. The lowest BCUT2D eigenvalue weighted by atomic mass is 10.2. The van der Waals surface area contributed by atoms with Gasteiger partial charge in [-0.05, 0) is 13.8 Å². The lowest BCUT2D eigenvalue weighted by Crippen LogP contribution is -2.33. The Morgan fingerprint density at radius 2 is 2.33 bits per heavy atom. The van der Waals surface area contributed by atoms with Gasteiger partial charge in [-0.1, -0.05) is 19.1 Å². The molecule has 0 saturated carbocycles. The zero-order chi connectivity index (χ0) is 12.8. The monoisotopic (exact) mass is 380 g/mol. The summed E-state index contributed by atoms with van der Waals surface area (Å²) in [5.74, 6) is 0.770. The summed E-state index contributed by atoms with van der Waals surface area (Å²) in [6.07, 6.45) is 0. The Kier molecular flexibility index (Phi) is 8.17. The minimum atomic E-state index is 0. The number of nitrogens with two attached hydrogens (primary N) is 1. The Morgan fingerprint density at radius 1 is 1.67 bits per heavy atom. The van der Waals surface area contributed by atoms with E-state index in [0.717, 1.165) is 16.3 Å². The van der Waals surface area contributed by atoms with Crippen molar-refractivity contribution in [3.05, 3.63) is 28.2 Å². The lowest BCUT2D eigenvalue weighted by molar-refractivity contribution is 0.757. The van der Waals surface area contributed by atoms with Crippen LogP contribution < -0.4 is 11.1 Å². The smallest absolute Gasteiger partial charge is 0.188 e. The molecule has 0 aliphatic rings. The van der Waals surface area contributed by atoms with Gasteiger partial charge in [0.1, 0.15) is 0 Å². The van der Waals surface area contributed by atoms with Gasteiger partial charge in [0.2, 0.25) is 0 Å². The van der Waals surface area contributed by atoms with E-state index in [2.05, 4.69) is 34.2 Å². The third-order valence-electron chi connectivity index (χ3n) is 2.17. The fraction of sp³-hybridized carbons (Fsp3) is 0.500. The molecule has 0 aliphatic carbocycles. The number of nitrogens with zero attached hydrogens (tertiary/aromatic N) is 2. The molecule has 0 aromatic carbocycles. The molecular formula is C12H21IN4S. The first-order valence-electron chi connectivity index (χ1n) is 5.59. The molecular weight excluding hydrogens is 359 g/mol. The molecule has 1 rings (SSSR count). The molecule has 102 valence electrons. The maximum absolute atomic E-state index is 5.73. The molecule has 1 unspecified atom stereocenters. The second-order valence-corrected chi connectivity index (χ2v) is 5.15. The van der Waals surface area contributed by atoms with Crippen molar-refractivity contribution in [2.24, 2.45) is 10.7 Å². The summed E-state index contributed by atoms with van der Waals surface area (Å²) in [5, 5.41) is 6.17. The van der Waals surface area contributed by atoms with Crippen molar-refractivity contribution >= 4 is 41.3 Å². The van der Waals surface area contributed by atoms with E-state index in [9.17, 15) is 0 Å². The summed E-state index contributed by atoms with van der Waals surface area (Å²) in [6.45, 7) is 11.2. The van der Waals surface area contributed by atoms with Crippen LogP contribution in [-0.2, 0) is 0 Å². The highest BCUT2D eigenvalue weighted by Gasteiger charge is 2.08. The highest BCUT2D eigenvalue weighted by molar-refractivity contribution is 14.0. The summed E-state index contributed by atoms with van der Waals surface area (Å²) < 4.78 is 0. The van der Waals surface area contributed by atoms with E-state index >= 15 is 0 Å². The van der Waals surface area contributed by atoms with E-state index < -0.39 is 0 Å². The normalized spacial score (nSPS) is 12.7. The van der Waals surface area contributed by atoms with Crippen LogP contribution >= 0.6 is 35.3 Å². The van der Waals surface area contributed by atoms with Crippen LogP contribution in [0.5, 0.6) is 0 Å². The maximum Gasteiger partial charge on any atom is 0.188 e. The van der Waals surface area contributed by atoms with Crippen molar-refractivity contribution in [2.45, 2.75) is 26.7 Å². The van der Waals surface area contributed by atoms with Gasteiger partial charge in [0.15, 0.2) is 5.96 Å². The molecule has 0 amide bonds. The Labute approximate surface area is 130 Å². The van der Waals surface area contributed by atoms with Crippen LogP contribution in [0.2, 0.25) is 0 Å². The van der Waals surface area contributed by atoms with Gasteiger partial charge in [-0.2, -0.15) is 0 Å². The predicted octanol–water partition coefficient (Wildman–Crippen LogP) is 2.65. The molecule has 1 aromatic heterocycles. The van der Waals surface area contributed by atoms with Gasteiger partial charge in [0, 0.05) is 23.5 Å². The standard InChI is InChI=1S/C12H20N4S.HI/c1-8(2)5-14-12(13)15-6-9(3)11-16-10(4)7-17-11;/h7,9H,1,5-6H2,2-4H3,(H3,13,14,15);1H. The average molecular weight is 380 g/mol. The van der Waals surface area contributed by atoms with Gasteiger partial charge in [-0.25, -0.2) is 4.98 Å². The van der Waals surface area contributed by atoms with E-state index in [0.29, 0.717) is 25.0 Å². The number of rotatable bonds is 5. The number of aryl methyl sites for hydroxylation is 1. The molecule has 0 spiro atoms. The van der Waals surface area contributed by atoms with Crippen LogP contribution in [0.25, 0.3) is 0 Å². The summed E-state index contributed by atoms with van der Waals surface area (Å²) in [5.41, 5.74) is 7.83. The van der Waals surface area contributed by atoms with Gasteiger partial charge in [-0.3, -0.25) is 4.99 Å². The van der Waals surface area contributed by atoms with Crippen LogP contribution in [0.3, 0.4) is 0 Å². The molecule has 0 bridgehead atoms. The second kappa shape index (κ2) is 8.47. The zero-order valence-corrected chi connectivity index (χ0v) is 14.2. The summed E-state index contributed by atoms with van der Waals surface area (Å²) in [7, 11) is 0. The molecule has 18 heavy (non-hydrogen) atoms. The number of hydrogen-bond donors (Lipinski definition) is 2. The van der Waals surface area contributed by atoms with Gasteiger partial charge in [-0.15, -0.1) is 35.3 Å². The summed E-state index contributed by atoms with van der Waals surface area (Å²) >= 11 is 1.67. The van der Waals surface area contributed by atoms with Gasteiger partial charge in [0.25, 0.3) is 0 Å². The van der Waals surface area contributed by atoms with E-state index in [1.165, 1.54) is 0 Å². The van der Waals surface area contributed by atoms with Crippen LogP contribution in [0.15, 0.2) is 22.5 Å². The van der Waals surface area contributed by atoms with Crippen LogP contribution in [-0.4, -0.2) is 24.0 Å². The third-order valence-corrected chi connectivity index (χ3v) is 3.36. The Morgan fingerprint density at radius 3 is 2.83 bits per heavy atom. The topological polar surface area (TPSA) is 63.3 Å². The van der Waals surface area contributed by atoms with E-state index in [1.54, 1.807) is 11.3 Å². The van der Waals surface area contributed by atoms with Gasteiger partial charge >= 0.3 is 0 Å². The molecule has 0 saturated heterocycles. The van der Waals surface area contributed by atoms with Crippen molar-refractivity contribution in [3.8, 4) is 0 Å². The number of aromatic nitrogens is 1. The Hall–Kier alpha value is -0.630. The van der Waals surface area contributed by atoms with Crippen molar-refractivity contribution in [1.82, 2.24) is 10.3 Å². The Balaban J connectivity index is 0.00000289. The number of aliphatic imine (C=N–C) groups is 1. The number of guanidine groups is 1. The first-order chi connectivity index (χ1) is 7.99. The van der Waals surface area contributed by atoms with Crippen molar-refractivity contribution < 1.29 is 0 Å². The zero-order valence-electron chi connectivity index (χ0n) is 11.1. The average Bonchev–Trinajstić information content (AvgIpc) is 2.70. The van der Waals surface area contributed by atoms with Crippen molar-refractivity contribution in [1.29, 1.82) is 0 Å². The van der Waals surface area contributed by atoms with Crippen molar-refractivity contribution in [3.63, 3.8) is 0 Å². The van der Waals surface area contributed by atoms with Gasteiger partial charge in [0.05, 0.1) is 11.6 Å². The molecule has 0 radical (unpaired) electrons. The quantitative estimate of drug-likeness (QED) is 0.357. The highest BCUT2D eigenvalue weighted by Crippen LogP contribution is 2.19. The molecule has 0 fully saturated rings.